The summed E-state index contributed by atoms with van der Waals surface area (Å²) in [4.78, 5) is 10.9. The van der Waals surface area contributed by atoms with Crippen molar-refractivity contribution in [1.82, 2.24) is 5.32 Å². The van der Waals surface area contributed by atoms with Crippen molar-refractivity contribution in [2.24, 2.45) is 5.73 Å². The number of likely N-dealkylation sites (N-methyl/N-ethyl adjacent to an activating group) is 1. The van der Waals surface area contributed by atoms with Gasteiger partial charge in [-0.1, -0.05) is 6.07 Å². The molecule has 1 rings (SSSR count). The summed E-state index contributed by atoms with van der Waals surface area (Å²) in [5.74, 6) is -1.56. The van der Waals surface area contributed by atoms with Crippen LogP contribution in [0.4, 0.5) is 4.39 Å². The van der Waals surface area contributed by atoms with Crippen molar-refractivity contribution in [2.75, 3.05) is 14.2 Å². The number of carboxylic acid groups (broad SMARTS) is 1. The Labute approximate surface area is 98.4 Å². The predicted molar refractivity (Wildman–Crippen MR) is 60.4 cm³/mol. The van der Waals surface area contributed by atoms with Crippen LogP contribution in [0.15, 0.2) is 18.2 Å². The van der Waals surface area contributed by atoms with E-state index in [0.29, 0.717) is 5.56 Å². The Morgan fingerprint density at radius 3 is 2.65 bits per heavy atom. The molecular formula is C11H15FN2O3. The molecule has 0 aliphatic rings. The van der Waals surface area contributed by atoms with Gasteiger partial charge < -0.3 is 20.9 Å². The van der Waals surface area contributed by atoms with Gasteiger partial charge >= 0.3 is 5.97 Å². The zero-order valence-corrected chi connectivity index (χ0v) is 9.61. The average molecular weight is 242 g/mol. The highest BCUT2D eigenvalue weighted by Crippen LogP contribution is 2.22. The number of carbonyl (C=O) groups is 1. The van der Waals surface area contributed by atoms with Gasteiger partial charge in [-0.2, -0.15) is 0 Å². The fraction of sp³-hybridized carbons (Fsp3) is 0.364. The first-order chi connectivity index (χ1) is 8.01. The van der Waals surface area contributed by atoms with Crippen LogP contribution in [0, 0.1) is 5.82 Å². The van der Waals surface area contributed by atoms with Crippen LogP contribution in [-0.4, -0.2) is 31.3 Å². The van der Waals surface area contributed by atoms with Crippen LogP contribution in [0.2, 0.25) is 0 Å². The Kier molecular flexibility index (Phi) is 4.42. The van der Waals surface area contributed by atoms with Crippen LogP contribution >= 0.6 is 0 Å². The minimum Gasteiger partial charge on any atom is -0.494 e. The van der Waals surface area contributed by atoms with E-state index < -0.39 is 23.9 Å². The first-order valence-corrected chi connectivity index (χ1v) is 5.00. The molecule has 0 heterocycles. The molecule has 2 atom stereocenters. The zero-order valence-electron chi connectivity index (χ0n) is 9.61. The molecule has 6 heteroatoms. The SMILES string of the molecule is CNC(C(=O)O)C(N)c1ccc(OC)c(F)c1. The first kappa shape index (κ1) is 13.4. The molecule has 1 aromatic carbocycles. The smallest absolute Gasteiger partial charge is 0.322 e. The molecule has 0 spiro atoms. The summed E-state index contributed by atoms with van der Waals surface area (Å²) in [6.45, 7) is 0. The lowest BCUT2D eigenvalue weighted by atomic mass is 10.00. The molecule has 0 aliphatic carbocycles. The number of hydrogen-bond donors (Lipinski definition) is 3. The van der Waals surface area contributed by atoms with Gasteiger partial charge in [-0.15, -0.1) is 0 Å². The molecule has 0 aromatic heterocycles. The largest absolute Gasteiger partial charge is 0.494 e. The number of aliphatic carboxylic acids is 1. The summed E-state index contributed by atoms with van der Waals surface area (Å²) in [5.41, 5.74) is 6.15. The Morgan fingerprint density at radius 2 is 2.24 bits per heavy atom. The third kappa shape index (κ3) is 2.92. The minimum atomic E-state index is -1.09. The Morgan fingerprint density at radius 1 is 1.59 bits per heavy atom. The number of ether oxygens (including phenoxy) is 1. The van der Waals surface area contributed by atoms with Crippen molar-refractivity contribution >= 4 is 5.97 Å². The molecule has 0 bridgehead atoms. The summed E-state index contributed by atoms with van der Waals surface area (Å²) >= 11 is 0. The molecule has 0 saturated carbocycles. The lowest BCUT2D eigenvalue weighted by Crippen LogP contribution is -2.43. The summed E-state index contributed by atoms with van der Waals surface area (Å²) < 4.78 is 18.2. The number of carboxylic acids is 1. The first-order valence-electron chi connectivity index (χ1n) is 5.00. The second kappa shape index (κ2) is 5.60. The van der Waals surface area contributed by atoms with Crippen LogP contribution in [0.25, 0.3) is 0 Å². The molecule has 4 N–H and O–H groups in total. The molecule has 17 heavy (non-hydrogen) atoms. The van der Waals surface area contributed by atoms with Gasteiger partial charge in [0.05, 0.1) is 13.2 Å². The quantitative estimate of drug-likeness (QED) is 0.700. The Bertz CT molecular complexity index is 412. The van der Waals surface area contributed by atoms with Crippen LogP contribution in [0.3, 0.4) is 0 Å². The molecule has 0 amide bonds. The van der Waals surface area contributed by atoms with Gasteiger partial charge in [-0.05, 0) is 24.7 Å². The normalized spacial score (nSPS) is 14.1. The highest BCUT2D eigenvalue weighted by Gasteiger charge is 2.25. The number of nitrogens with one attached hydrogen (secondary N) is 1. The van der Waals surface area contributed by atoms with Gasteiger partial charge in [-0.3, -0.25) is 4.79 Å². The van der Waals surface area contributed by atoms with Gasteiger partial charge in [0.1, 0.15) is 6.04 Å². The van der Waals surface area contributed by atoms with E-state index in [4.69, 9.17) is 15.6 Å². The maximum atomic E-state index is 13.4. The number of halogens is 1. The number of rotatable bonds is 5. The van der Waals surface area contributed by atoms with Crippen LogP contribution < -0.4 is 15.8 Å². The monoisotopic (exact) mass is 242 g/mol. The predicted octanol–water partition coefficient (Wildman–Crippen LogP) is 0.507. The molecule has 0 fully saturated rings. The van der Waals surface area contributed by atoms with Crippen LogP contribution in [0.1, 0.15) is 11.6 Å². The van der Waals surface area contributed by atoms with E-state index in [2.05, 4.69) is 5.32 Å². The molecular weight excluding hydrogens is 227 g/mol. The standard InChI is InChI=1S/C11H15FN2O3/c1-14-10(11(15)16)9(13)6-3-4-8(17-2)7(12)5-6/h3-5,9-10,14H,13H2,1-2H3,(H,15,16). The number of nitrogens with two attached hydrogens (primary N) is 1. The van der Waals surface area contributed by atoms with Gasteiger partial charge in [0.2, 0.25) is 0 Å². The van der Waals surface area contributed by atoms with Gasteiger partial charge in [0.25, 0.3) is 0 Å². The molecule has 2 unspecified atom stereocenters. The summed E-state index contributed by atoms with van der Waals surface area (Å²) in [5, 5.41) is 11.5. The fourth-order valence-electron chi connectivity index (χ4n) is 1.54. The van der Waals surface area contributed by atoms with Crippen LogP contribution in [0.5, 0.6) is 5.75 Å². The topological polar surface area (TPSA) is 84.6 Å². The lowest BCUT2D eigenvalue weighted by molar-refractivity contribution is -0.139. The van der Waals surface area contributed by atoms with E-state index in [1.54, 1.807) is 6.07 Å². The maximum absolute atomic E-state index is 13.4. The molecule has 0 saturated heterocycles. The van der Waals surface area contributed by atoms with Crippen molar-refractivity contribution in [2.45, 2.75) is 12.1 Å². The molecule has 0 radical (unpaired) electrons. The van der Waals surface area contributed by atoms with Crippen LogP contribution in [-0.2, 0) is 4.79 Å². The Balaban J connectivity index is 2.99. The van der Waals surface area contributed by atoms with Crippen molar-refractivity contribution < 1.29 is 19.0 Å². The average Bonchev–Trinajstić information content (AvgIpc) is 2.29. The second-order valence-corrected chi connectivity index (χ2v) is 3.52. The van der Waals surface area contributed by atoms with Crippen molar-refractivity contribution in [3.63, 3.8) is 0 Å². The van der Waals surface area contributed by atoms with Crippen molar-refractivity contribution in [3.8, 4) is 5.75 Å². The molecule has 0 aliphatic heterocycles. The summed E-state index contributed by atoms with van der Waals surface area (Å²) in [6, 6.07) is 2.33. The molecule has 94 valence electrons. The molecule has 5 nitrogen and oxygen atoms in total. The van der Waals surface area contributed by atoms with Gasteiger partial charge in [0.15, 0.2) is 11.6 Å². The Hall–Kier alpha value is -1.66. The molecule has 1 aromatic rings. The van der Waals surface area contributed by atoms with Gasteiger partial charge in [-0.25, -0.2) is 4.39 Å². The summed E-state index contributed by atoms with van der Waals surface area (Å²) in [7, 11) is 2.84. The third-order valence-electron chi connectivity index (χ3n) is 2.50. The van der Waals surface area contributed by atoms with Crippen molar-refractivity contribution in [1.29, 1.82) is 0 Å². The second-order valence-electron chi connectivity index (χ2n) is 3.52. The zero-order chi connectivity index (χ0) is 13.0. The highest BCUT2D eigenvalue weighted by molar-refractivity contribution is 5.74. The highest BCUT2D eigenvalue weighted by atomic mass is 19.1. The van der Waals surface area contributed by atoms with E-state index in [0.717, 1.165) is 0 Å². The fourth-order valence-corrected chi connectivity index (χ4v) is 1.54. The van der Waals surface area contributed by atoms with E-state index in [1.165, 1.54) is 26.3 Å². The van der Waals surface area contributed by atoms with Crippen molar-refractivity contribution in [3.05, 3.63) is 29.6 Å². The number of methoxy groups -OCH3 is 1. The van der Waals surface area contributed by atoms with E-state index >= 15 is 0 Å². The maximum Gasteiger partial charge on any atom is 0.322 e. The number of benzene rings is 1. The van der Waals surface area contributed by atoms with E-state index in [1.807, 2.05) is 0 Å². The minimum absolute atomic E-state index is 0.0947. The van der Waals surface area contributed by atoms with Gasteiger partial charge in [0, 0.05) is 0 Å². The third-order valence-corrected chi connectivity index (χ3v) is 2.50. The number of hydrogen-bond acceptors (Lipinski definition) is 4. The van der Waals surface area contributed by atoms with E-state index in [-0.39, 0.29) is 5.75 Å². The summed E-state index contributed by atoms with van der Waals surface area (Å²) in [6.07, 6.45) is 0. The van der Waals surface area contributed by atoms with E-state index in [9.17, 15) is 9.18 Å². The lowest BCUT2D eigenvalue weighted by Gasteiger charge is -2.20.